The summed E-state index contributed by atoms with van der Waals surface area (Å²) in [5, 5.41) is 9.25. The van der Waals surface area contributed by atoms with E-state index in [9.17, 15) is 19.1 Å². The van der Waals surface area contributed by atoms with Crippen LogP contribution in [0, 0.1) is 11.7 Å². The highest BCUT2D eigenvalue weighted by atomic mass is 19.1. The van der Waals surface area contributed by atoms with Gasteiger partial charge in [0.2, 0.25) is 0 Å². The summed E-state index contributed by atoms with van der Waals surface area (Å²) in [6.45, 7) is 2.18. The first kappa shape index (κ1) is 14.5. The van der Waals surface area contributed by atoms with Crippen molar-refractivity contribution in [3.05, 3.63) is 29.8 Å². The number of imidazole rings is 1. The third-order valence-electron chi connectivity index (χ3n) is 4.28. The number of nitrogens with one attached hydrogen (secondary N) is 1. The Kier molecular flexibility index (Phi) is 3.56. The molecule has 1 aliphatic rings. The van der Waals surface area contributed by atoms with Crippen LogP contribution in [0.25, 0.3) is 11.0 Å². The Hall–Kier alpha value is -2.44. The van der Waals surface area contributed by atoms with Crippen LogP contribution in [-0.2, 0) is 4.79 Å². The largest absolute Gasteiger partial charge is 0.481 e. The van der Waals surface area contributed by atoms with Crippen molar-refractivity contribution in [2.75, 3.05) is 6.54 Å². The highest BCUT2D eigenvalue weighted by molar-refractivity contribution is 6.05. The number of carboxylic acid groups (broad SMARTS) is 1. The number of fused-ring (bicyclic) bond motifs is 1. The number of aromatic nitrogens is 2. The number of piperidine rings is 1. The highest BCUT2D eigenvalue weighted by Crippen LogP contribution is 2.27. The average Bonchev–Trinajstić information content (AvgIpc) is 2.93. The van der Waals surface area contributed by atoms with Gasteiger partial charge in [0.25, 0.3) is 5.91 Å². The number of hydrogen-bond acceptors (Lipinski definition) is 3. The first-order chi connectivity index (χ1) is 10.5. The molecule has 2 atom stereocenters. The van der Waals surface area contributed by atoms with Gasteiger partial charge in [-0.15, -0.1) is 0 Å². The molecule has 1 aliphatic heterocycles. The minimum atomic E-state index is -0.908. The molecule has 1 amide bonds. The van der Waals surface area contributed by atoms with E-state index in [1.165, 1.54) is 17.3 Å². The van der Waals surface area contributed by atoms with Gasteiger partial charge in [0.1, 0.15) is 11.3 Å². The monoisotopic (exact) mass is 305 g/mol. The molecule has 6 nitrogen and oxygen atoms in total. The fraction of sp³-hybridized carbons (Fsp3) is 0.400. The Bertz CT molecular complexity index is 743. The maximum Gasteiger partial charge on any atom is 0.308 e. The minimum absolute atomic E-state index is 0.161. The molecule has 0 unspecified atom stereocenters. The van der Waals surface area contributed by atoms with E-state index in [4.69, 9.17) is 0 Å². The molecule has 1 aromatic carbocycles. The molecule has 0 saturated carbocycles. The van der Waals surface area contributed by atoms with E-state index in [1.54, 1.807) is 6.92 Å². The number of nitrogens with zero attached hydrogens (tertiary/aromatic N) is 2. The first-order valence-corrected chi connectivity index (χ1v) is 7.15. The van der Waals surface area contributed by atoms with Crippen molar-refractivity contribution in [2.24, 2.45) is 5.92 Å². The molecule has 1 aromatic heterocycles. The summed E-state index contributed by atoms with van der Waals surface area (Å²) < 4.78 is 13.7. The molecule has 22 heavy (non-hydrogen) atoms. The fourth-order valence-corrected chi connectivity index (χ4v) is 3.09. The van der Waals surface area contributed by atoms with Crippen LogP contribution in [0.2, 0.25) is 0 Å². The number of carbonyl (C=O) groups excluding carboxylic acids is 1. The van der Waals surface area contributed by atoms with Gasteiger partial charge in [-0.2, -0.15) is 0 Å². The molecule has 0 spiro atoms. The van der Waals surface area contributed by atoms with Crippen molar-refractivity contribution < 1.29 is 19.1 Å². The number of hydrogen-bond donors (Lipinski definition) is 2. The summed E-state index contributed by atoms with van der Waals surface area (Å²) in [5.74, 6) is -2.41. The summed E-state index contributed by atoms with van der Waals surface area (Å²) in [6.07, 6.45) is 2.56. The van der Waals surface area contributed by atoms with Crippen LogP contribution >= 0.6 is 0 Å². The lowest BCUT2D eigenvalue weighted by molar-refractivity contribution is -0.144. The SMILES string of the molecule is C[C@@H]1[C@H](C(=O)O)CCCN1C(=O)c1cc(F)cc2[nH]cnc12. The van der Waals surface area contributed by atoms with Crippen molar-refractivity contribution in [3.8, 4) is 0 Å². The molecule has 1 saturated heterocycles. The summed E-state index contributed by atoms with van der Waals surface area (Å²) in [6, 6.07) is 2.00. The van der Waals surface area contributed by atoms with Crippen LogP contribution in [0.3, 0.4) is 0 Å². The molecule has 2 N–H and O–H groups in total. The Balaban J connectivity index is 1.98. The van der Waals surface area contributed by atoms with Gasteiger partial charge in [-0.05, 0) is 31.9 Å². The highest BCUT2D eigenvalue weighted by Gasteiger charge is 2.36. The molecule has 0 bridgehead atoms. The maximum absolute atomic E-state index is 13.7. The van der Waals surface area contributed by atoms with Crippen molar-refractivity contribution in [1.82, 2.24) is 14.9 Å². The molecule has 116 valence electrons. The van der Waals surface area contributed by atoms with Crippen LogP contribution in [-0.4, -0.2) is 44.4 Å². The first-order valence-electron chi connectivity index (χ1n) is 7.15. The number of amides is 1. The lowest BCUT2D eigenvalue weighted by Gasteiger charge is -2.37. The second kappa shape index (κ2) is 5.40. The van der Waals surface area contributed by atoms with E-state index in [-0.39, 0.29) is 11.5 Å². The van der Waals surface area contributed by atoms with E-state index >= 15 is 0 Å². The third kappa shape index (κ3) is 2.32. The number of aliphatic carboxylic acids is 1. The molecule has 0 radical (unpaired) electrons. The zero-order valence-electron chi connectivity index (χ0n) is 12.0. The number of rotatable bonds is 2. The number of halogens is 1. The van der Waals surface area contributed by atoms with E-state index in [2.05, 4.69) is 9.97 Å². The van der Waals surface area contributed by atoms with Crippen LogP contribution < -0.4 is 0 Å². The standard InChI is InChI=1S/C15H16FN3O3/c1-8-10(15(21)22)3-2-4-19(8)14(20)11-5-9(16)6-12-13(11)18-7-17-12/h5-8,10H,2-4H2,1H3,(H,17,18)(H,21,22)/t8-,10-/m1/s1. The molecule has 2 heterocycles. The van der Waals surface area contributed by atoms with Gasteiger partial charge in [0.05, 0.1) is 23.3 Å². The predicted molar refractivity (Wildman–Crippen MR) is 76.9 cm³/mol. The van der Waals surface area contributed by atoms with Crippen molar-refractivity contribution in [1.29, 1.82) is 0 Å². The Morgan fingerprint density at radius 2 is 2.23 bits per heavy atom. The molecular weight excluding hydrogens is 289 g/mol. The van der Waals surface area contributed by atoms with Crippen molar-refractivity contribution >= 4 is 22.9 Å². The summed E-state index contributed by atoms with van der Waals surface area (Å²) in [5.41, 5.74) is 1.01. The second-order valence-corrected chi connectivity index (χ2v) is 5.58. The Morgan fingerprint density at radius 3 is 2.95 bits per heavy atom. The van der Waals surface area contributed by atoms with E-state index in [0.717, 1.165) is 6.07 Å². The lowest BCUT2D eigenvalue weighted by Crippen LogP contribution is -2.49. The van der Waals surface area contributed by atoms with Crippen molar-refractivity contribution in [2.45, 2.75) is 25.8 Å². The van der Waals surface area contributed by atoms with Crippen LogP contribution in [0.4, 0.5) is 4.39 Å². The average molecular weight is 305 g/mol. The number of benzene rings is 1. The van der Waals surface area contributed by atoms with Gasteiger partial charge in [0.15, 0.2) is 0 Å². The van der Waals surface area contributed by atoms with E-state index in [0.29, 0.717) is 30.4 Å². The topological polar surface area (TPSA) is 86.3 Å². The number of H-pyrrole nitrogens is 1. The van der Waals surface area contributed by atoms with Gasteiger partial charge in [-0.25, -0.2) is 9.37 Å². The lowest BCUT2D eigenvalue weighted by atomic mass is 9.89. The van der Waals surface area contributed by atoms with Gasteiger partial charge in [-0.3, -0.25) is 9.59 Å². The predicted octanol–water partition coefficient (Wildman–Crippen LogP) is 2.03. The molecular formula is C15H16FN3O3. The number of likely N-dealkylation sites (tertiary alicyclic amines) is 1. The van der Waals surface area contributed by atoms with Gasteiger partial charge in [-0.1, -0.05) is 0 Å². The Labute approximate surface area is 125 Å². The number of carbonyl (C=O) groups is 2. The number of aromatic amines is 1. The quantitative estimate of drug-likeness (QED) is 0.889. The molecule has 0 aliphatic carbocycles. The van der Waals surface area contributed by atoms with Crippen LogP contribution in [0.5, 0.6) is 0 Å². The third-order valence-corrected chi connectivity index (χ3v) is 4.28. The molecule has 1 fully saturated rings. The summed E-state index contributed by atoms with van der Waals surface area (Å²) >= 11 is 0. The van der Waals surface area contributed by atoms with Gasteiger partial charge < -0.3 is 15.0 Å². The molecule has 2 aromatic rings. The summed E-state index contributed by atoms with van der Waals surface area (Å²) in [7, 11) is 0. The normalized spacial score (nSPS) is 22.0. The van der Waals surface area contributed by atoms with E-state index in [1.807, 2.05) is 0 Å². The smallest absolute Gasteiger partial charge is 0.308 e. The zero-order valence-corrected chi connectivity index (χ0v) is 12.0. The van der Waals surface area contributed by atoms with Gasteiger partial charge >= 0.3 is 5.97 Å². The second-order valence-electron chi connectivity index (χ2n) is 5.58. The minimum Gasteiger partial charge on any atom is -0.481 e. The molecule has 3 rings (SSSR count). The molecule has 7 heteroatoms. The van der Waals surface area contributed by atoms with E-state index < -0.39 is 23.7 Å². The summed E-state index contributed by atoms with van der Waals surface area (Å²) in [4.78, 5) is 32.4. The van der Waals surface area contributed by atoms with Crippen LogP contribution in [0.1, 0.15) is 30.1 Å². The van der Waals surface area contributed by atoms with Gasteiger partial charge in [0, 0.05) is 12.6 Å². The zero-order chi connectivity index (χ0) is 15.9. The van der Waals surface area contributed by atoms with Crippen LogP contribution in [0.15, 0.2) is 18.5 Å². The maximum atomic E-state index is 13.7. The fourth-order valence-electron chi connectivity index (χ4n) is 3.09. The number of carboxylic acids is 1. The Morgan fingerprint density at radius 1 is 1.45 bits per heavy atom. The van der Waals surface area contributed by atoms with Crippen molar-refractivity contribution in [3.63, 3.8) is 0 Å².